The van der Waals surface area contributed by atoms with Gasteiger partial charge in [-0.1, -0.05) is 48.5 Å². The van der Waals surface area contributed by atoms with E-state index in [4.69, 9.17) is 0 Å². The second-order valence-corrected chi connectivity index (χ2v) is 7.64. The van der Waals surface area contributed by atoms with E-state index in [1.54, 1.807) is 6.20 Å². The number of carbonyl (C=O) groups excluding carboxylic acids is 2. The van der Waals surface area contributed by atoms with Gasteiger partial charge in [-0.05, 0) is 49.9 Å². The summed E-state index contributed by atoms with van der Waals surface area (Å²) in [5, 5.41) is 10.0. The summed E-state index contributed by atoms with van der Waals surface area (Å²) in [5.74, 6) is -0.341. The van der Waals surface area contributed by atoms with Gasteiger partial charge >= 0.3 is 0 Å². The summed E-state index contributed by atoms with van der Waals surface area (Å²) < 4.78 is 0. The van der Waals surface area contributed by atoms with Crippen LogP contribution in [0.5, 0.6) is 0 Å². The normalized spacial score (nSPS) is 16.9. The number of aryl methyl sites for hydroxylation is 1. The summed E-state index contributed by atoms with van der Waals surface area (Å²) in [4.78, 5) is 30.1. The number of hydrogen-bond acceptors (Lipinski definition) is 4. The zero-order valence-electron chi connectivity index (χ0n) is 16.8. The average Bonchev–Trinajstić information content (AvgIpc) is 3.32. The van der Waals surface area contributed by atoms with Crippen molar-refractivity contribution in [3.63, 3.8) is 0 Å². The fraction of sp³-hybridized carbons (Fsp3) is 0.292. The van der Waals surface area contributed by atoms with Crippen LogP contribution < -0.4 is 16.0 Å². The molecule has 2 unspecified atom stereocenters. The smallest absolute Gasteiger partial charge is 0.247 e. The van der Waals surface area contributed by atoms with E-state index < -0.39 is 6.04 Å². The van der Waals surface area contributed by atoms with Crippen LogP contribution in [-0.4, -0.2) is 35.4 Å². The third kappa shape index (κ3) is 5.02. The number of aromatic nitrogens is 1. The minimum Gasteiger partial charge on any atom is -0.343 e. The Kier molecular flexibility index (Phi) is 6.35. The summed E-state index contributed by atoms with van der Waals surface area (Å²) in [6.45, 7) is 0.835. The van der Waals surface area contributed by atoms with Gasteiger partial charge in [0, 0.05) is 5.39 Å². The maximum atomic E-state index is 13.0. The van der Waals surface area contributed by atoms with Crippen molar-refractivity contribution in [2.75, 3.05) is 11.9 Å². The van der Waals surface area contributed by atoms with Crippen LogP contribution in [0.3, 0.4) is 0 Å². The number of hydrogen-bond donors (Lipinski definition) is 3. The van der Waals surface area contributed by atoms with E-state index in [1.807, 2.05) is 60.7 Å². The molecule has 30 heavy (non-hydrogen) atoms. The maximum Gasteiger partial charge on any atom is 0.247 e. The Hall–Kier alpha value is -3.25. The lowest BCUT2D eigenvalue weighted by atomic mass is 10.0. The van der Waals surface area contributed by atoms with Crippen molar-refractivity contribution < 1.29 is 9.59 Å². The fourth-order valence-electron chi connectivity index (χ4n) is 3.77. The molecule has 3 aromatic rings. The highest BCUT2D eigenvalue weighted by Gasteiger charge is 2.27. The van der Waals surface area contributed by atoms with Crippen molar-refractivity contribution in [2.45, 2.75) is 37.8 Å². The van der Waals surface area contributed by atoms with E-state index in [2.05, 4.69) is 20.9 Å². The van der Waals surface area contributed by atoms with Gasteiger partial charge in [0.25, 0.3) is 0 Å². The van der Waals surface area contributed by atoms with Crippen LogP contribution in [0.25, 0.3) is 10.9 Å². The molecule has 2 heterocycles. The van der Waals surface area contributed by atoms with Gasteiger partial charge in [-0.25, -0.2) is 0 Å². The molecule has 1 aliphatic rings. The van der Waals surface area contributed by atoms with E-state index in [1.165, 1.54) is 0 Å². The number of pyridine rings is 1. The van der Waals surface area contributed by atoms with E-state index >= 15 is 0 Å². The quantitative estimate of drug-likeness (QED) is 0.567. The molecule has 1 saturated heterocycles. The van der Waals surface area contributed by atoms with Crippen molar-refractivity contribution >= 4 is 28.4 Å². The summed E-state index contributed by atoms with van der Waals surface area (Å²) in [7, 11) is 0. The van der Waals surface area contributed by atoms with Crippen LogP contribution in [0, 0.1) is 0 Å². The molecular formula is C24H26N4O2. The predicted octanol–water partition coefficient (Wildman–Crippen LogP) is 3.04. The van der Waals surface area contributed by atoms with Gasteiger partial charge < -0.3 is 16.0 Å². The number of amides is 2. The molecule has 0 radical (unpaired) electrons. The molecule has 2 aromatic carbocycles. The fourth-order valence-corrected chi connectivity index (χ4v) is 3.77. The van der Waals surface area contributed by atoms with Crippen molar-refractivity contribution in [1.82, 2.24) is 15.6 Å². The molecule has 2 amide bonds. The molecule has 1 fully saturated rings. The van der Waals surface area contributed by atoms with E-state index in [-0.39, 0.29) is 17.9 Å². The monoisotopic (exact) mass is 402 g/mol. The molecule has 0 bridgehead atoms. The van der Waals surface area contributed by atoms with E-state index in [0.717, 1.165) is 35.9 Å². The van der Waals surface area contributed by atoms with Gasteiger partial charge in [-0.15, -0.1) is 0 Å². The molecule has 2 atom stereocenters. The largest absolute Gasteiger partial charge is 0.343 e. The molecule has 3 N–H and O–H groups in total. The van der Waals surface area contributed by atoms with Crippen LogP contribution in [-0.2, 0) is 16.0 Å². The molecular weight excluding hydrogens is 376 g/mol. The number of carbonyl (C=O) groups is 2. The summed E-state index contributed by atoms with van der Waals surface area (Å²) in [6, 6.07) is 18.8. The molecule has 0 saturated carbocycles. The highest BCUT2D eigenvalue weighted by atomic mass is 16.2. The molecule has 1 aliphatic heterocycles. The second kappa shape index (κ2) is 9.50. The first-order chi connectivity index (χ1) is 14.7. The van der Waals surface area contributed by atoms with Crippen LogP contribution in [0.4, 0.5) is 5.69 Å². The number of fused-ring (bicyclic) bond motifs is 1. The summed E-state index contributed by atoms with van der Waals surface area (Å²) >= 11 is 0. The predicted molar refractivity (Wildman–Crippen MR) is 118 cm³/mol. The van der Waals surface area contributed by atoms with Crippen LogP contribution >= 0.6 is 0 Å². The van der Waals surface area contributed by atoms with Crippen molar-refractivity contribution in [3.05, 3.63) is 72.4 Å². The van der Waals surface area contributed by atoms with Crippen molar-refractivity contribution in [2.24, 2.45) is 0 Å². The topological polar surface area (TPSA) is 83.1 Å². The minimum atomic E-state index is -0.619. The maximum absolute atomic E-state index is 13.0. The minimum absolute atomic E-state index is 0.114. The number of nitrogens with zero attached hydrogens (tertiary/aromatic N) is 1. The Labute approximate surface area is 176 Å². The van der Waals surface area contributed by atoms with Gasteiger partial charge in [0.2, 0.25) is 11.8 Å². The van der Waals surface area contributed by atoms with Crippen molar-refractivity contribution in [1.29, 1.82) is 0 Å². The van der Waals surface area contributed by atoms with Crippen LogP contribution in [0.1, 0.15) is 24.8 Å². The number of anilines is 1. The lowest BCUT2D eigenvalue weighted by molar-refractivity contribution is -0.127. The Morgan fingerprint density at radius 1 is 1.10 bits per heavy atom. The van der Waals surface area contributed by atoms with E-state index in [0.29, 0.717) is 18.5 Å². The third-order valence-corrected chi connectivity index (χ3v) is 5.43. The Morgan fingerprint density at radius 3 is 2.70 bits per heavy atom. The van der Waals surface area contributed by atoms with Crippen LogP contribution in [0.15, 0.2) is 66.9 Å². The molecule has 0 spiro atoms. The van der Waals surface area contributed by atoms with Crippen LogP contribution in [0.2, 0.25) is 0 Å². The number of para-hydroxylation sites is 1. The molecule has 0 aliphatic carbocycles. The van der Waals surface area contributed by atoms with E-state index in [9.17, 15) is 9.59 Å². The van der Waals surface area contributed by atoms with Gasteiger partial charge in [0.1, 0.15) is 6.04 Å². The Balaban J connectivity index is 1.47. The molecule has 6 heteroatoms. The number of benzene rings is 2. The first-order valence-corrected chi connectivity index (χ1v) is 10.4. The second-order valence-electron chi connectivity index (χ2n) is 7.64. The zero-order chi connectivity index (χ0) is 20.8. The Bertz CT molecular complexity index is 1020. The average molecular weight is 402 g/mol. The standard InChI is InChI=1S/C24H26N4O2/c29-23(21-11-6-14-25-21)28-22(13-12-17-7-2-1-3-8-17)24(30)27-19-15-18-9-4-5-10-20(18)26-16-19/h1-5,7-10,15-16,21-22,25H,6,11-14H2,(H,27,30)(H,28,29). The lowest BCUT2D eigenvalue weighted by Gasteiger charge is -2.21. The third-order valence-electron chi connectivity index (χ3n) is 5.43. The number of nitrogens with one attached hydrogen (secondary N) is 3. The SMILES string of the molecule is O=C(NC(CCc1ccccc1)C(=O)Nc1cnc2ccccc2c1)C1CCCN1. The van der Waals surface area contributed by atoms with Gasteiger partial charge in [-0.3, -0.25) is 14.6 Å². The van der Waals surface area contributed by atoms with Gasteiger partial charge in [0.05, 0.1) is 23.4 Å². The summed E-state index contributed by atoms with van der Waals surface area (Å²) in [6.07, 6.45) is 4.65. The lowest BCUT2D eigenvalue weighted by Crippen LogP contribution is -2.50. The molecule has 1 aromatic heterocycles. The summed E-state index contributed by atoms with van der Waals surface area (Å²) in [5.41, 5.74) is 2.63. The molecule has 154 valence electrons. The highest BCUT2D eigenvalue weighted by Crippen LogP contribution is 2.17. The van der Waals surface area contributed by atoms with Gasteiger partial charge in [-0.2, -0.15) is 0 Å². The zero-order valence-corrected chi connectivity index (χ0v) is 16.8. The number of rotatable bonds is 7. The molecule has 4 rings (SSSR count). The first-order valence-electron chi connectivity index (χ1n) is 10.4. The molecule has 6 nitrogen and oxygen atoms in total. The Morgan fingerprint density at radius 2 is 1.90 bits per heavy atom. The first kappa shape index (κ1) is 20.0. The van der Waals surface area contributed by atoms with Gasteiger partial charge in [0.15, 0.2) is 0 Å². The highest BCUT2D eigenvalue weighted by molar-refractivity contribution is 5.99. The van der Waals surface area contributed by atoms with Crippen molar-refractivity contribution in [3.8, 4) is 0 Å².